The van der Waals surface area contributed by atoms with Crippen LogP contribution in [0.25, 0.3) is 83.9 Å². The average molecular weight is 638 g/mol. The van der Waals surface area contributed by atoms with Gasteiger partial charge in [-0.15, -0.1) is 0 Å². The molecular formula is C45H30N4. The van der Waals surface area contributed by atoms with Crippen molar-refractivity contribution >= 4 is 21.8 Å². The van der Waals surface area contributed by atoms with Crippen LogP contribution in [0.15, 0.2) is 182 Å². The van der Waals surface area contributed by atoms with Crippen molar-refractivity contribution in [2.24, 2.45) is 0 Å². The second-order valence-electron chi connectivity index (χ2n) is 11.3. The number of benzene rings is 7. The molecule has 2 heterocycles. The fourth-order valence-electron chi connectivity index (χ4n) is 6.00. The van der Waals surface area contributed by atoms with Crippen molar-refractivity contribution in [1.82, 2.24) is 19.5 Å². The van der Waals surface area contributed by atoms with E-state index in [4.69, 9.17) is 30.0 Å². The van der Waals surface area contributed by atoms with Gasteiger partial charge in [0.2, 0.25) is 0 Å². The molecule has 0 spiro atoms. The number of hydrogen-bond acceptors (Lipinski definition) is 3. The minimum Gasteiger partial charge on any atom is -0.309 e. The van der Waals surface area contributed by atoms with E-state index in [-0.39, 0.29) is 80.7 Å². The molecule has 0 aliphatic rings. The molecule has 230 valence electrons. The van der Waals surface area contributed by atoms with Gasteiger partial charge in [0.1, 0.15) is 0 Å². The first-order valence-electron chi connectivity index (χ1n) is 21.0. The van der Waals surface area contributed by atoms with Gasteiger partial charge in [-0.05, 0) is 58.6 Å². The maximum Gasteiger partial charge on any atom is 0.164 e. The van der Waals surface area contributed by atoms with Crippen molar-refractivity contribution in [3.63, 3.8) is 0 Å². The maximum absolute atomic E-state index is 9.07. The lowest BCUT2D eigenvalue weighted by atomic mass is 10.0. The largest absolute Gasteiger partial charge is 0.309 e. The summed E-state index contributed by atoms with van der Waals surface area (Å²) in [4.78, 5) is 14.8. The summed E-state index contributed by atoms with van der Waals surface area (Å²) in [5.41, 5.74) is 4.03. The third kappa shape index (κ3) is 5.35. The molecule has 7 aromatic carbocycles. The van der Waals surface area contributed by atoms with Gasteiger partial charge in [0.15, 0.2) is 17.5 Å². The molecule has 0 bridgehead atoms. The predicted octanol–water partition coefficient (Wildman–Crippen LogP) is 11.3. The van der Waals surface area contributed by atoms with Crippen LogP contribution >= 0.6 is 0 Å². The second-order valence-corrected chi connectivity index (χ2v) is 11.3. The van der Waals surface area contributed by atoms with Gasteiger partial charge in [0.05, 0.1) is 26.1 Å². The summed E-state index contributed by atoms with van der Waals surface area (Å²) in [5.74, 6) is 0.813. The highest BCUT2D eigenvalue weighted by atomic mass is 15.0. The lowest BCUT2D eigenvalue weighted by Crippen LogP contribution is -2.02. The second kappa shape index (κ2) is 12.2. The lowest BCUT2D eigenvalue weighted by molar-refractivity contribution is 1.07. The fourth-order valence-corrected chi connectivity index (χ4v) is 6.00. The first-order valence-corrected chi connectivity index (χ1v) is 15.5. The smallest absolute Gasteiger partial charge is 0.164 e. The van der Waals surface area contributed by atoms with E-state index in [9.17, 15) is 0 Å². The van der Waals surface area contributed by atoms with E-state index in [1.807, 2.05) is 84.9 Å². The molecule has 0 saturated carbocycles. The summed E-state index contributed by atoms with van der Waals surface area (Å²) in [7, 11) is 0. The number of para-hydroxylation sites is 2. The lowest BCUT2D eigenvalue weighted by Gasteiger charge is -2.14. The molecule has 0 radical (unpaired) electrons. The molecule has 0 saturated heterocycles. The summed E-state index contributed by atoms with van der Waals surface area (Å²) in [6, 6.07) is 30.0. The van der Waals surface area contributed by atoms with E-state index in [2.05, 4.69) is 0 Å². The molecule has 0 amide bonds. The maximum atomic E-state index is 9.07. The molecule has 0 aliphatic carbocycles. The number of rotatable bonds is 6. The van der Waals surface area contributed by atoms with Crippen LogP contribution < -0.4 is 0 Å². The minimum atomic E-state index is -0.569. The Morgan fingerprint density at radius 3 is 1.57 bits per heavy atom. The fraction of sp³-hybridized carbons (Fsp3) is 0. The third-order valence-electron chi connectivity index (χ3n) is 8.25. The molecule has 0 N–H and O–H groups in total. The Morgan fingerprint density at radius 1 is 0.367 bits per heavy atom. The van der Waals surface area contributed by atoms with Crippen molar-refractivity contribution < 1.29 is 15.1 Å². The highest BCUT2D eigenvalue weighted by molar-refractivity contribution is 6.09. The summed E-state index contributed by atoms with van der Waals surface area (Å²) in [6.07, 6.45) is 0. The summed E-state index contributed by atoms with van der Waals surface area (Å²) in [5, 5.41) is 0.0777. The van der Waals surface area contributed by atoms with Gasteiger partial charge in [-0.3, -0.25) is 0 Å². The number of aromatic nitrogens is 4. The van der Waals surface area contributed by atoms with Crippen molar-refractivity contribution in [3.05, 3.63) is 182 Å². The Labute approximate surface area is 300 Å². The van der Waals surface area contributed by atoms with Gasteiger partial charge >= 0.3 is 0 Å². The number of hydrogen-bond donors (Lipinski definition) is 0. The predicted molar refractivity (Wildman–Crippen MR) is 201 cm³/mol. The van der Waals surface area contributed by atoms with Gasteiger partial charge in [0.25, 0.3) is 0 Å². The molecule has 0 fully saturated rings. The van der Waals surface area contributed by atoms with Gasteiger partial charge in [-0.2, -0.15) is 0 Å². The van der Waals surface area contributed by atoms with Gasteiger partial charge < -0.3 is 4.57 Å². The number of nitrogens with zero attached hydrogens (tertiary/aromatic N) is 4. The summed E-state index contributed by atoms with van der Waals surface area (Å²) in [6.45, 7) is 0. The Hall–Kier alpha value is -6.65. The Balaban J connectivity index is 1.40. The third-order valence-corrected chi connectivity index (χ3v) is 8.25. The van der Waals surface area contributed by atoms with Crippen LogP contribution in [0.2, 0.25) is 0 Å². The van der Waals surface area contributed by atoms with Crippen LogP contribution in [0, 0.1) is 0 Å². The zero-order chi connectivity index (χ0) is 42.1. The zero-order valence-electron chi connectivity index (χ0n) is 36.8. The first-order chi connectivity index (χ1) is 28.8. The Kier molecular flexibility index (Phi) is 4.78. The van der Waals surface area contributed by atoms with Crippen LogP contribution in [0.1, 0.15) is 15.1 Å². The van der Waals surface area contributed by atoms with Gasteiger partial charge in [-0.25, -0.2) is 15.0 Å². The van der Waals surface area contributed by atoms with E-state index in [1.165, 1.54) is 16.7 Å². The normalized spacial score (nSPS) is 14.4. The average Bonchev–Trinajstić information content (AvgIpc) is 3.64. The highest BCUT2D eigenvalue weighted by Crippen LogP contribution is 2.36. The van der Waals surface area contributed by atoms with Crippen LogP contribution in [0.4, 0.5) is 0 Å². The van der Waals surface area contributed by atoms with E-state index in [1.54, 1.807) is 18.2 Å². The van der Waals surface area contributed by atoms with Gasteiger partial charge in [-0.1, -0.05) is 145 Å². The molecule has 49 heavy (non-hydrogen) atoms. The molecule has 9 aromatic rings. The standard InChI is InChI=1S/C45H30N4/c1-4-15-31(16-5-1)34-21-14-22-35(27-34)44-46-43(33-19-8-3-9-20-33)47-45(48-44)37-28-36(32-17-6-2-7-18-32)29-38(30-37)49-41-25-12-10-23-39(41)40-24-11-13-26-42(40)49/h1-30H/i2D,6D,7D,10D,11D,17D,18D,23D,24D,25D,26D. The zero-order valence-corrected chi connectivity index (χ0v) is 25.8. The van der Waals surface area contributed by atoms with Crippen LogP contribution in [0.5, 0.6) is 0 Å². The molecule has 4 nitrogen and oxygen atoms in total. The van der Waals surface area contributed by atoms with E-state index in [0.29, 0.717) is 28.3 Å². The molecule has 9 rings (SSSR count). The van der Waals surface area contributed by atoms with Crippen molar-refractivity contribution in [2.45, 2.75) is 0 Å². The minimum absolute atomic E-state index is 0.0389. The highest BCUT2D eigenvalue weighted by Gasteiger charge is 2.17. The molecule has 0 unspecified atom stereocenters. The van der Waals surface area contributed by atoms with Crippen LogP contribution in [0.3, 0.4) is 0 Å². The van der Waals surface area contributed by atoms with Crippen molar-refractivity contribution in [3.8, 4) is 62.1 Å². The summed E-state index contributed by atoms with van der Waals surface area (Å²) < 4.78 is 97.6. The molecular weight excluding hydrogens is 597 g/mol. The van der Waals surface area contributed by atoms with Gasteiger partial charge in [0, 0.05) is 33.2 Å². The van der Waals surface area contributed by atoms with Crippen LogP contribution in [-0.4, -0.2) is 19.5 Å². The molecule has 0 atom stereocenters. The topological polar surface area (TPSA) is 43.6 Å². The first kappa shape index (κ1) is 19.2. The van der Waals surface area contributed by atoms with Crippen LogP contribution in [-0.2, 0) is 0 Å². The van der Waals surface area contributed by atoms with Crippen molar-refractivity contribution in [2.75, 3.05) is 0 Å². The SMILES string of the molecule is [2H]c1cc([2H])c2c(c1[2H])c1c([2H])c([2H])cc([2H])c1n2-c1cc(-c2nc(-c3ccccc3)nc(-c3cccc(-c4ccccc4)c3)n2)cc(-c2c([2H])c([2H])c([2H])c([2H])c2[2H])c1. The molecule has 2 aromatic heterocycles. The Bertz CT molecular complexity index is 3130. The summed E-state index contributed by atoms with van der Waals surface area (Å²) >= 11 is 0. The van der Waals surface area contributed by atoms with E-state index < -0.39 is 30.2 Å². The number of fused-ring (bicyclic) bond motifs is 3. The quantitative estimate of drug-likeness (QED) is 0.182. The van der Waals surface area contributed by atoms with Crippen molar-refractivity contribution in [1.29, 1.82) is 0 Å². The van der Waals surface area contributed by atoms with E-state index in [0.717, 1.165) is 11.1 Å². The Morgan fingerprint density at radius 2 is 0.898 bits per heavy atom. The monoisotopic (exact) mass is 637 g/mol. The molecule has 4 heteroatoms. The van der Waals surface area contributed by atoms with E-state index >= 15 is 0 Å². The molecule has 0 aliphatic heterocycles.